The molecule has 1 fully saturated rings. The lowest BCUT2D eigenvalue weighted by atomic mass is 10.0. The van der Waals surface area contributed by atoms with Gasteiger partial charge in [-0.1, -0.05) is 11.6 Å². The Bertz CT molecular complexity index is 562. The number of hydrogen-bond acceptors (Lipinski definition) is 4. The second-order valence-electron chi connectivity index (χ2n) is 4.92. The van der Waals surface area contributed by atoms with Crippen molar-refractivity contribution in [2.45, 2.75) is 32.2 Å². The van der Waals surface area contributed by atoms with E-state index < -0.39 is 10.9 Å². The molecule has 7 heteroatoms. The van der Waals surface area contributed by atoms with E-state index in [1.807, 2.05) is 11.8 Å². The number of carboxylic acid groups (broad SMARTS) is 1. The fraction of sp³-hybridized carbons (Fsp3) is 0.462. The molecule has 108 valence electrons. The number of non-ortho nitro benzene ring substituents is 1. The van der Waals surface area contributed by atoms with Gasteiger partial charge < -0.3 is 10.0 Å². The highest BCUT2D eigenvalue weighted by Crippen LogP contribution is 2.37. The van der Waals surface area contributed by atoms with Crippen molar-refractivity contribution < 1.29 is 14.8 Å². The summed E-state index contributed by atoms with van der Waals surface area (Å²) in [5.74, 6) is -1.21. The van der Waals surface area contributed by atoms with Gasteiger partial charge in [0.25, 0.3) is 5.69 Å². The second-order valence-corrected chi connectivity index (χ2v) is 5.33. The van der Waals surface area contributed by atoms with E-state index in [9.17, 15) is 20.0 Å². The quantitative estimate of drug-likeness (QED) is 0.683. The zero-order chi connectivity index (χ0) is 14.9. The van der Waals surface area contributed by atoms with Crippen LogP contribution in [0.2, 0.25) is 5.02 Å². The van der Waals surface area contributed by atoms with Crippen molar-refractivity contribution in [2.24, 2.45) is 0 Å². The van der Waals surface area contributed by atoms with Crippen molar-refractivity contribution in [2.75, 3.05) is 11.4 Å². The average Bonchev–Trinajstić information content (AvgIpc) is 2.38. The van der Waals surface area contributed by atoms with Gasteiger partial charge in [0.15, 0.2) is 0 Å². The topological polar surface area (TPSA) is 83.7 Å². The molecule has 0 radical (unpaired) electrons. The molecule has 1 aliphatic heterocycles. The van der Waals surface area contributed by atoms with Gasteiger partial charge in [-0.05, 0) is 26.2 Å². The number of nitrogens with zero attached hydrogens (tertiary/aromatic N) is 2. The number of nitro benzene ring substituents is 1. The Balaban J connectivity index is 2.56. The molecule has 2 rings (SSSR count). The third-order valence-corrected chi connectivity index (χ3v) is 3.87. The number of halogens is 1. The van der Waals surface area contributed by atoms with Crippen LogP contribution in [0.25, 0.3) is 0 Å². The zero-order valence-corrected chi connectivity index (χ0v) is 11.8. The van der Waals surface area contributed by atoms with Crippen LogP contribution >= 0.6 is 11.6 Å². The molecule has 0 aromatic heterocycles. The number of hydrogen-bond donors (Lipinski definition) is 1. The smallest absolute Gasteiger partial charge is 0.338 e. The molecule has 0 saturated carbocycles. The predicted octanol–water partition coefficient (Wildman–Crippen LogP) is 3.33. The lowest BCUT2D eigenvalue weighted by molar-refractivity contribution is -0.384. The molecule has 1 aromatic rings. The summed E-state index contributed by atoms with van der Waals surface area (Å²) in [4.78, 5) is 23.5. The molecule has 1 aliphatic rings. The highest BCUT2D eigenvalue weighted by molar-refractivity contribution is 6.34. The van der Waals surface area contributed by atoms with Crippen LogP contribution < -0.4 is 4.90 Å². The minimum Gasteiger partial charge on any atom is -0.478 e. The van der Waals surface area contributed by atoms with Crippen molar-refractivity contribution in [1.29, 1.82) is 0 Å². The lowest BCUT2D eigenvalue weighted by Crippen LogP contribution is -2.38. The first kappa shape index (κ1) is 14.6. The third kappa shape index (κ3) is 2.70. The molecule has 1 atom stereocenters. The molecular weight excluding hydrogens is 284 g/mol. The van der Waals surface area contributed by atoms with Crippen LogP contribution in [0, 0.1) is 10.1 Å². The molecule has 1 aromatic carbocycles. The van der Waals surface area contributed by atoms with Crippen molar-refractivity contribution >= 4 is 28.9 Å². The molecule has 6 nitrogen and oxygen atoms in total. The number of carbonyl (C=O) groups is 1. The Hall–Kier alpha value is -1.82. The summed E-state index contributed by atoms with van der Waals surface area (Å²) in [5, 5.41) is 20.2. The zero-order valence-electron chi connectivity index (χ0n) is 11.0. The normalized spacial score (nSPS) is 18.9. The Morgan fingerprint density at radius 1 is 1.50 bits per heavy atom. The molecule has 1 saturated heterocycles. The van der Waals surface area contributed by atoms with E-state index in [1.54, 1.807) is 0 Å². The van der Waals surface area contributed by atoms with E-state index in [-0.39, 0.29) is 22.3 Å². The van der Waals surface area contributed by atoms with E-state index in [0.29, 0.717) is 12.2 Å². The SMILES string of the molecule is CC1CCCCN1c1c(Cl)cc([N+](=O)[O-])cc1C(=O)O. The molecule has 20 heavy (non-hydrogen) atoms. The first-order valence-electron chi connectivity index (χ1n) is 6.39. The summed E-state index contributed by atoms with van der Waals surface area (Å²) in [6.45, 7) is 2.71. The first-order valence-corrected chi connectivity index (χ1v) is 6.77. The van der Waals surface area contributed by atoms with Gasteiger partial charge in [0, 0.05) is 24.7 Å². The van der Waals surface area contributed by atoms with Crippen LogP contribution in [-0.2, 0) is 0 Å². The number of rotatable bonds is 3. The van der Waals surface area contributed by atoms with Gasteiger partial charge >= 0.3 is 5.97 Å². The maximum atomic E-state index is 11.4. The lowest BCUT2D eigenvalue weighted by Gasteiger charge is -2.36. The summed E-state index contributed by atoms with van der Waals surface area (Å²) >= 11 is 6.11. The van der Waals surface area contributed by atoms with E-state index in [1.165, 1.54) is 6.07 Å². The molecule has 0 amide bonds. The van der Waals surface area contributed by atoms with Gasteiger partial charge in [-0.25, -0.2) is 4.79 Å². The molecular formula is C13H15ClN2O4. The minimum absolute atomic E-state index is 0.113. The van der Waals surface area contributed by atoms with Crippen LogP contribution in [0.3, 0.4) is 0 Å². The number of aromatic carboxylic acids is 1. The second kappa shape index (κ2) is 5.66. The molecule has 1 N–H and O–H groups in total. The van der Waals surface area contributed by atoms with Gasteiger partial charge in [-0.15, -0.1) is 0 Å². The molecule has 0 spiro atoms. The minimum atomic E-state index is -1.21. The number of benzene rings is 1. The van der Waals surface area contributed by atoms with Crippen LogP contribution in [0.4, 0.5) is 11.4 Å². The van der Waals surface area contributed by atoms with Gasteiger partial charge in [-0.2, -0.15) is 0 Å². The predicted molar refractivity (Wildman–Crippen MR) is 75.7 cm³/mol. The summed E-state index contributed by atoms with van der Waals surface area (Å²) in [6, 6.07) is 2.45. The number of nitro groups is 1. The fourth-order valence-corrected chi connectivity index (χ4v) is 2.90. The third-order valence-electron chi connectivity index (χ3n) is 3.58. The standard InChI is InChI=1S/C13H15ClN2O4/c1-8-4-2-3-5-15(8)12-10(13(17)18)6-9(16(19)20)7-11(12)14/h6-8H,2-5H2,1H3,(H,17,18). The van der Waals surface area contributed by atoms with Gasteiger partial charge in [0.05, 0.1) is 21.2 Å². The van der Waals surface area contributed by atoms with Crippen molar-refractivity contribution in [1.82, 2.24) is 0 Å². The van der Waals surface area contributed by atoms with Gasteiger partial charge in [0.2, 0.25) is 0 Å². The van der Waals surface area contributed by atoms with Crippen molar-refractivity contribution in [3.63, 3.8) is 0 Å². The average molecular weight is 299 g/mol. The monoisotopic (exact) mass is 298 g/mol. The maximum Gasteiger partial charge on any atom is 0.338 e. The summed E-state index contributed by atoms with van der Waals surface area (Å²) in [7, 11) is 0. The number of piperidine rings is 1. The van der Waals surface area contributed by atoms with Crippen molar-refractivity contribution in [3.05, 3.63) is 32.8 Å². The van der Waals surface area contributed by atoms with Gasteiger partial charge in [-0.3, -0.25) is 10.1 Å². The molecule has 0 aliphatic carbocycles. The molecule has 0 bridgehead atoms. The Labute approximate surface area is 121 Å². The summed E-state index contributed by atoms with van der Waals surface area (Å²) in [5.41, 5.74) is -0.0317. The summed E-state index contributed by atoms with van der Waals surface area (Å²) in [6.07, 6.45) is 2.99. The van der Waals surface area contributed by atoms with Crippen LogP contribution in [0.15, 0.2) is 12.1 Å². The summed E-state index contributed by atoms with van der Waals surface area (Å²) < 4.78 is 0. The number of carboxylic acids is 1. The Morgan fingerprint density at radius 2 is 2.20 bits per heavy atom. The fourth-order valence-electron chi connectivity index (χ4n) is 2.58. The molecule has 1 heterocycles. The maximum absolute atomic E-state index is 11.4. The van der Waals surface area contributed by atoms with E-state index in [2.05, 4.69) is 0 Å². The van der Waals surface area contributed by atoms with Crippen molar-refractivity contribution in [3.8, 4) is 0 Å². The van der Waals surface area contributed by atoms with E-state index in [4.69, 9.17) is 11.6 Å². The van der Waals surface area contributed by atoms with E-state index in [0.717, 1.165) is 25.3 Å². The highest BCUT2D eigenvalue weighted by Gasteiger charge is 2.28. The van der Waals surface area contributed by atoms with Crippen LogP contribution in [-0.4, -0.2) is 28.6 Å². The highest BCUT2D eigenvalue weighted by atomic mass is 35.5. The van der Waals surface area contributed by atoms with Crippen LogP contribution in [0.5, 0.6) is 0 Å². The molecule has 1 unspecified atom stereocenters. The Kier molecular flexibility index (Phi) is 4.13. The Morgan fingerprint density at radius 3 is 2.75 bits per heavy atom. The van der Waals surface area contributed by atoms with Gasteiger partial charge in [0.1, 0.15) is 0 Å². The largest absolute Gasteiger partial charge is 0.478 e. The number of anilines is 1. The first-order chi connectivity index (χ1) is 9.41. The van der Waals surface area contributed by atoms with E-state index >= 15 is 0 Å². The van der Waals surface area contributed by atoms with Crippen LogP contribution in [0.1, 0.15) is 36.5 Å².